The first-order valence-electron chi connectivity index (χ1n) is 7.66. The maximum Gasteiger partial charge on any atom is 0.259 e. The topological polar surface area (TPSA) is 46.9 Å². The fraction of sp³-hybridized carbons (Fsp3) is 0.158. The molecule has 0 saturated carbocycles. The highest BCUT2D eigenvalue weighted by Crippen LogP contribution is 2.21. The SMILES string of the molecule is Cc1ccc(F)cc1NC(=O)c1c(C)nn(-c2ccccc2)c1C. The molecule has 0 bridgehead atoms. The van der Waals surface area contributed by atoms with E-state index in [-0.39, 0.29) is 11.7 Å². The Bertz CT molecular complexity index is 900. The summed E-state index contributed by atoms with van der Waals surface area (Å²) in [5.74, 6) is -0.676. The molecular weight excluding hydrogens is 305 g/mol. The fourth-order valence-corrected chi connectivity index (χ4v) is 2.71. The highest BCUT2D eigenvalue weighted by molar-refractivity contribution is 6.06. The van der Waals surface area contributed by atoms with Gasteiger partial charge in [-0.25, -0.2) is 9.07 Å². The quantitative estimate of drug-likeness (QED) is 0.785. The van der Waals surface area contributed by atoms with Gasteiger partial charge in [0.25, 0.3) is 5.91 Å². The van der Waals surface area contributed by atoms with E-state index in [1.807, 2.05) is 44.2 Å². The van der Waals surface area contributed by atoms with Gasteiger partial charge in [-0.15, -0.1) is 0 Å². The number of nitrogens with one attached hydrogen (secondary N) is 1. The monoisotopic (exact) mass is 323 g/mol. The minimum Gasteiger partial charge on any atom is -0.322 e. The smallest absolute Gasteiger partial charge is 0.259 e. The number of nitrogens with zero attached hydrogens (tertiary/aromatic N) is 2. The molecule has 1 N–H and O–H groups in total. The average molecular weight is 323 g/mol. The molecule has 0 aliphatic carbocycles. The zero-order chi connectivity index (χ0) is 17.3. The molecule has 0 aliphatic heterocycles. The Kier molecular flexibility index (Phi) is 4.16. The van der Waals surface area contributed by atoms with Crippen LogP contribution in [0.15, 0.2) is 48.5 Å². The van der Waals surface area contributed by atoms with E-state index in [1.165, 1.54) is 12.1 Å². The number of amides is 1. The van der Waals surface area contributed by atoms with Crippen molar-refractivity contribution >= 4 is 11.6 Å². The summed E-state index contributed by atoms with van der Waals surface area (Å²) < 4.78 is 15.2. The number of hydrogen-bond acceptors (Lipinski definition) is 2. The molecule has 1 amide bonds. The Labute approximate surface area is 139 Å². The van der Waals surface area contributed by atoms with Crippen LogP contribution in [0.3, 0.4) is 0 Å². The van der Waals surface area contributed by atoms with Crippen molar-refractivity contribution in [3.8, 4) is 5.69 Å². The molecule has 2 aromatic carbocycles. The van der Waals surface area contributed by atoms with Crippen molar-refractivity contribution in [1.29, 1.82) is 0 Å². The lowest BCUT2D eigenvalue weighted by Crippen LogP contribution is -2.15. The van der Waals surface area contributed by atoms with E-state index < -0.39 is 0 Å². The predicted molar refractivity (Wildman–Crippen MR) is 92.1 cm³/mol. The number of para-hydroxylation sites is 1. The second-order valence-electron chi connectivity index (χ2n) is 5.71. The lowest BCUT2D eigenvalue weighted by molar-refractivity contribution is 0.102. The number of aromatic nitrogens is 2. The number of hydrogen-bond donors (Lipinski definition) is 1. The number of anilines is 1. The third kappa shape index (κ3) is 2.93. The maximum atomic E-state index is 13.4. The summed E-state index contributed by atoms with van der Waals surface area (Å²) in [4.78, 5) is 12.7. The predicted octanol–water partition coefficient (Wildman–Crippen LogP) is 4.19. The van der Waals surface area contributed by atoms with Gasteiger partial charge >= 0.3 is 0 Å². The third-order valence-corrected chi connectivity index (χ3v) is 3.97. The first kappa shape index (κ1) is 15.9. The number of halogens is 1. The molecule has 3 aromatic rings. The van der Waals surface area contributed by atoms with Crippen LogP contribution in [0.1, 0.15) is 27.3 Å². The highest BCUT2D eigenvalue weighted by Gasteiger charge is 2.20. The van der Waals surface area contributed by atoms with Crippen molar-refractivity contribution in [2.75, 3.05) is 5.32 Å². The molecule has 1 aromatic heterocycles. The van der Waals surface area contributed by atoms with Gasteiger partial charge in [-0.05, 0) is 50.6 Å². The van der Waals surface area contributed by atoms with E-state index in [0.717, 1.165) is 16.9 Å². The van der Waals surface area contributed by atoms with Crippen LogP contribution in [0, 0.1) is 26.6 Å². The molecule has 4 nitrogen and oxygen atoms in total. The van der Waals surface area contributed by atoms with Gasteiger partial charge in [0.05, 0.1) is 22.6 Å². The van der Waals surface area contributed by atoms with Crippen molar-refractivity contribution in [2.24, 2.45) is 0 Å². The molecule has 0 unspecified atom stereocenters. The molecule has 122 valence electrons. The van der Waals surface area contributed by atoms with Gasteiger partial charge in [0.15, 0.2) is 0 Å². The second kappa shape index (κ2) is 6.28. The molecule has 0 saturated heterocycles. The van der Waals surface area contributed by atoms with E-state index in [4.69, 9.17) is 0 Å². The molecule has 3 rings (SSSR count). The molecule has 5 heteroatoms. The fourth-order valence-electron chi connectivity index (χ4n) is 2.71. The van der Waals surface area contributed by atoms with E-state index in [9.17, 15) is 9.18 Å². The van der Waals surface area contributed by atoms with Crippen molar-refractivity contribution < 1.29 is 9.18 Å². The number of carbonyl (C=O) groups is 1. The van der Waals surface area contributed by atoms with Gasteiger partial charge in [-0.3, -0.25) is 4.79 Å². The molecule has 0 spiro atoms. The number of aryl methyl sites for hydroxylation is 2. The van der Waals surface area contributed by atoms with Gasteiger partial charge in [0, 0.05) is 5.69 Å². The minimum atomic E-state index is -0.385. The van der Waals surface area contributed by atoms with Crippen molar-refractivity contribution in [3.63, 3.8) is 0 Å². The zero-order valence-corrected chi connectivity index (χ0v) is 13.8. The zero-order valence-electron chi connectivity index (χ0n) is 13.8. The summed E-state index contributed by atoms with van der Waals surface area (Å²) >= 11 is 0. The van der Waals surface area contributed by atoms with Crippen LogP contribution < -0.4 is 5.32 Å². The van der Waals surface area contributed by atoms with Crippen molar-refractivity contribution in [2.45, 2.75) is 20.8 Å². The molecule has 24 heavy (non-hydrogen) atoms. The first-order chi connectivity index (χ1) is 11.5. The van der Waals surface area contributed by atoms with Gasteiger partial charge in [-0.2, -0.15) is 5.10 Å². The summed E-state index contributed by atoms with van der Waals surface area (Å²) in [7, 11) is 0. The summed E-state index contributed by atoms with van der Waals surface area (Å²) in [6.07, 6.45) is 0. The van der Waals surface area contributed by atoms with Crippen LogP contribution in [0.4, 0.5) is 10.1 Å². The third-order valence-electron chi connectivity index (χ3n) is 3.97. The Hall–Kier alpha value is -2.95. The van der Waals surface area contributed by atoms with Crippen molar-refractivity contribution in [3.05, 3.63) is 76.9 Å². The summed E-state index contributed by atoms with van der Waals surface area (Å²) in [6, 6.07) is 13.9. The average Bonchev–Trinajstić information content (AvgIpc) is 2.86. The Balaban J connectivity index is 1.96. The van der Waals surface area contributed by atoms with E-state index >= 15 is 0 Å². The molecule has 0 radical (unpaired) electrons. The molecule has 0 aliphatic rings. The molecular formula is C19H18FN3O. The largest absolute Gasteiger partial charge is 0.322 e. The lowest BCUT2D eigenvalue weighted by Gasteiger charge is -2.09. The number of rotatable bonds is 3. The minimum absolute atomic E-state index is 0.291. The Morgan fingerprint density at radius 2 is 1.79 bits per heavy atom. The molecule has 0 atom stereocenters. The van der Waals surface area contributed by atoms with E-state index in [2.05, 4.69) is 10.4 Å². The molecule has 0 fully saturated rings. The normalized spacial score (nSPS) is 10.7. The second-order valence-corrected chi connectivity index (χ2v) is 5.71. The van der Waals surface area contributed by atoms with Crippen LogP contribution >= 0.6 is 0 Å². The summed E-state index contributed by atoms with van der Waals surface area (Å²) in [5, 5.41) is 7.25. The number of benzene rings is 2. The van der Waals surface area contributed by atoms with Crippen LogP contribution in [-0.2, 0) is 0 Å². The standard InChI is InChI=1S/C19H18FN3O/c1-12-9-10-15(20)11-17(12)21-19(24)18-13(2)22-23(14(18)3)16-7-5-4-6-8-16/h4-11H,1-3H3,(H,21,24). The first-order valence-corrected chi connectivity index (χ1v) is 7.66. The van der Waals surface area contributed by atoms with Gasteiger partial charge < -0.3 is 5.32 Å². The Morgan fingerprint density at radius 1 is 1.08 bits per heavy atom. The van der Waals surface area contributed by atoms with Crippen LogP contribution in [0.2, 0.25) is 0 Å². The van der Waals surface area contributed by atoms with Gasteiger partial charge in [0.1, 0.15) is 5.82 Å². The van der Waals surface area contributed by atoms with Crippen LogP contribution in [0.25, 0.3) is 5.69 Å². The van der Waals surface area contributed by atoms with Crippen LogP contribution in [-0.4, -0.2) is 15.7 Å². The summed E-state index contributed by atoms with van der Waals surface area (Å²) in [5.41, 5.74) is 4.02. The van der Waals surface area contributed by atoms with Gasteiger partial charge in [-0.1, -0.05) is 24.3 Å². The Morgan fingerprint density at radius 3 is 2.50 bits per heavy atom. The lowest BCUT2D eigenvalue weighted by atomic mass is 10.1. The molecule has 1 heterocycles. The summed E-state index contributed by atoms with van der Waals surface area (Å²) in [6.45, 7) is 5.46. The van der Waals surface area contributed by atoms with E-state index in [0.29, 0.717) is 16.9 Å². The maximum absolute atomic E-state index is 13.4. The van der Waals surface area contributed by atoms with Crippen molar-refractivity contribution in [1.82, 2.24) is 9.78 Å². The number of carbonyl (C=O) groups excluding carboxylic acids is 1. The van der Waals surface area contributed by atoms with E-state index in [1.54, 1.807) is 17.7 Å². The highest BCUT2D eigenvalue weighted by atomic mass is 19.1. The van der Waals surface area contributed by atoms with Gasteiger partial charge in [0.2, 0.25) is 0 Å². The van der Waals surface area contributed by atoms with Crippen LogP contribution in [0.5, 0.6) is 0 Å².